The molecule has 2 saturated heterocycles. The number of aldehydes is 1. The number of carbonyl (C=O) groups is 3. The fourth-order valence-electron chi connectivity index (χ4n) is 3.79. The molecule has 3 unspecified atom stereocenters. The largest absolute Gasteiger partial charge is 0.374 e. The molecule has 3 N–H and O–H groups in total. The smallest absolute Gasteiger partial charge is 0.244 e. The highest BCUT2D eigenvalue weighted by atomic mass is 16.3. The normalized spacial score (nSPS) is 30.0. The highest BCUT2D eigenvalue weighted by molar-refractivity contribution is 6.00. The Morgan fingerprint density at radius 3 is 2.52 bits per heavy atom. The van der Waals surface area contributed by atoms with Crippen molar-refractivity contribution < 1.29 is 24.6 Å². The molecule has 2 amide bonds. The van der Waals surface area contributed by atoms with Crippen molar-refractivity contribution in [2.24, 2.45) is 5.92 Å². The van der Waals surface area contributed by atoms with E-state index >= 15 is 0 Å². The number of nitrogens with one attached hydrogen (secondary N) is 1. The fourth-order valence-corrected chi connectivity index (χ4v) is 3.79. The molecule has 3 aliphatic rings. The summed E-state index contributed by atoms with van der Waals surface area (Å²) in [6.07, 6.45) is -0.867. The van der Waals surface area contributed by atoms with Crippen LogP contribution in [-0.4, -0.2) is 52.3 Å². The van der Waals surface area contributed by atoms with E-state index in [1.54, 1.807) is 12.1 Å². The molecule has 1 aromatic rings. The van der Waals surface area contributed by atoms with Crippen LogP contribution >= 0.6 is 0 Å². The maximum absolute atomic E-state index is 12.1. The molecule has 3 atom stereocenters. The van der Waals surface area contributed by atoms with Crippen LogP contribution in [0.25, 0.3) is 0 Å². The SMILES string of the molecule is O=CC1CN(c2ccc3c(c2)C(O)N(C2CCC(=O)NC2=O)C3O)C1. The second-order valence-corrected chi connectivity index (χ2v) is 6.78. The highest BCUT2D eigenvalue weighted by Gasteiger charge is 2.45. The number of nitrogens with zero attached hydrogens (tertiary/aromatic N) is 2. The lowest BCUT2D eigenvalue weighted by molar-refractivity contribution is -0.154. The summed E-state index contributed by atoms with van der Waals surface area (Å²) in [5.74, 6) is -0.811. The van der Waals surface area contributed by atoms with E-state index in [0.29, 0.717) is 24.2 Å². The van der Waals surface area contributed by atoms with Crippen molar-refractivity contribution >= 4 is 23.8 Å². The maximum Gasteiger partial charge on any atom is 0.244 e. The molecule has 0 aromatic heterocycles. The molecule has 132 valence electrons. The number of anilines is 1. The zero-order valence-electron chi connectivity index (χ0n) is 13.5. The molecule has 3 aliphatic heterocycles. The Morgan fingerprint density at radius 1 is 1.12 bits per heavy atom. The zero-order chi connectivity index (χ0) is 17.7. The number of benzene rings is 1. The van der Waals surface area contributed by atoms with E-state index in [0.717, 1.165) is 12.0 Å². The van der Waals surface area contributed by atoms with Crippen molar-refractivity contribution in [1.82, 2.24) is 10.2 Å². The Hall–Kier alpha value is -2.29. The third-order valence-corrected chi connectivity index (χ3v) is 5.23. The average Bonchev–Trinajstić information content (AvgIpc) is 2.78. The van der Waals surface area contributed by atoms with Gasteiger partial charge in [-0.1, -0.05) is 6.07 Å². The lowest BCUT2D eigenvalue weighted by atomic mass is 9.99. The first-order valence-corrected chi connectivity index (χ1v) is 8.31. The van der Waals surface area contributed by atoms with Crippen molar-refractivity contribution in [3.05, 3.63) is 29.3 Å². The van der Waals surface area contributed by atoms with Crippen molar-refractivity contribution in [3.8, 4) is 0 Å². The lowest BCUT2D eigenvalue weighted by Gasteiger charge is -2.38. The Labute approximate surface area is 144 Å². The summed E-state index contributed by atoms with van der Waals surface area (Å²) in [7, 11) is 0. The van der Waals surface area contributed by atoms with E-state index in [-0.39, 0.29) is 24.7 Å². The Morgan fingerprint density at radius 2 is 1.84 bits per heavy atom. The third kappa shape index (κ3) is 2.53. The van der Waals surface area contributed by atoms with E-state index in [1.165, 1.54) is 4.90 Å². The Bertz CT molecular complexity index is 746. The number of aliphatic hydroxyl groups is 2. The van der Waals surface area contributed by atoms with Gasteiger partial charge in [0.1, 0.15) is 18.7 Å². The molecule has 1 aromatic carbocycles. The van der Waals surface area contributed by atoms with Gasteiger partial charge in [-0.2, -0.15) is 0 Å². The summed E-state index contributed by atoms with van der Waals surface area (Å²) in [6, 6.07) is 4.60. The molecule has 8 heteroatoms. The molecule has 25 heavy (non-hydrogen) atoms. The van der Waals surface area contributed by atoms with Gasteiger partial charge in [0, 0.05) is 42.2 Å². The minimum absolute atomic E-state index is 0.0312. The number of hydrogen-bond acceptors (Lipinski definition) is 7. The first-order chi connectivity index (χ1) is 12.0. The summed E-state index contributed by atoms with van der Waals surface area (Å²) in [5.41, 5.74) is 1.96. The number of amides is 2. The van der Waals surface area contributed by atoms with Gasteiger partial charge in [0.25, 0.3) is 0 Å². The van der Waals surface area contributed by atoms with Gasteiger partial charge >= 0.3 is 0 Å². The predicted molar refractivity (Wildman–Crippen MR) is 86.1 cm³/mol. The van der Waals surface area contributed by atoms with Gasteiger partial charge in [-0.3, -0.25) is 14.9 Å². The molecule has 0 aliphatic carbocycles. The summed E-state index contributed by atoms with van der Waals surface area (Å²) in [5, 5.41) is 23.5. The summed E-state index contributed by atoms with van der Waals surface area (Å²) in [6.45, 7) is 1.27. The van der Waals surface area contributed by atoms with Gasteiger partial charge < -0.3 is 19.9 Å². The van der Waals surface area contributed by atoms with Crippen molar-refractivity contribution in [3.63, 3.8) is 0 Å². The van der Waals surface area contributed by atoms with E-state index in [2.05, 4.69) is 5.32 Å². The fraction of sp³-hybridized carbons (Fsp3) is 0.471. The standard InChI is InChI=1S/C17H19N3O5/c21-8-9-6-19(7-9)10-1-2-11-12(5-10)17(25)20(16(11)24)13-3-4-14(22)18-15(13)23/h1-2,5,8-9,13,16-17,24-25H,3-4,6-7H2,(H,18,22,23). The van der Waals surface area contributed by atoms with Gasteiger partial charge in [-0.25, -0.2) is 4.90 Å². The van der Waals surface area contributed by atoms with Crippen LogP contribution in [-0.2, 0) is 14.4 Å². The average molecular weight is 345 g/mol. The lowest BCUT2D eigenvalue weighted by Crippen LogP contribution is -2.52. The second kappa shape index (κ2) is 5.91. The first-order valence-electron chi connectivity index (χ1n) is 8.31. The topological polar surface area (TPSA) is 110 Å². The van der Waals surface area contributed by atoms with E-state index in [4.69, 9.17) is 0 Å². The number of aliphatic hydroxyl groups excluding tert-OH is 2. The van der Waals surface area contributed by atoms with E-state index in [9.17, 15) is 24.6 Å². The van der Waals surface area contributed by atoms with Crippen LogP contribution in [0.4, 0.5) is 5.69 Å². The van der Waals surface area contributed by atoms with Crippen LogP contribution in [0.5, 0.6) is 0 Å². The van der Waals surface area contributed by atoms with Crippen LogP contribution in [0, 0.1) is 5.92 Å². The van der Waals surface area contributed by atoms with Crippen LogP contribution < -0.4 is 10.2 Å². The highest BCUT2D eigenvalue weighted by Crippen LogP contribution is 2.43. The minimum Gasteiger partial charge on any atom is -0.374 e. The molecule has 0 saturated carbocycles. The number of rotatable bonds is 3. The van der Waals surface area contributed by atoms with Crippen LogP contribution in [0.2, 0.25) is 0 Å². The van der Waals surface area contributed by atoms with Gasteiger partial charge in [0.2, 0.25) is 11.8 Å². The minimum atomic E-state index is -1.13. The molecule has 0 spiro atoms. The number of piperidine rings is 1. The monoisotopic (exact) mass is 345 g/mol. The summed E-state index contributed by atoms with van der Waals surface area (Å²) >= 11 is 0. The molecule has 3 heterocycles. The molecule has 0 radical (unpaired) electrons. The molecular weight excluding hydrogens is 326 g/mol. The number of hydrogen-bond donors (Lipinski definition) is 3. The van der Waals surface area contributed by atoms with Crippen LogP contribution in [0.1, 0.15) is 36.4 Å². The van der Waals surface area contributed by atoms with Gasteiger partial charge in [-0.05, 0) is 18.6 Å². The number of fused-ring (bicyclic) bond motifs is 1. The molecular formula is C17H19N3O5. The summed E-state index contributed by atoms with van der Waals surface area (Å²) < 4.78 is 0. The molecule has 2 fully saturated rings. The summed E-state index contributed by atoms with van der Waals surface area (Å²) in [4.78, 5) is 37.5. The maximum atomic E-state index is 12.1. The Balaban J connectivity index is 1.58. The molecule has 0 bridgehead atoms. The van der Waals surface area contributed by atoms with Crippen molar-refractivity contribution in [2.75, 3.05) is 18.0 Å². The van der Waals surface area contributed by atoms with Crippen molar-refractivity contribution in [1.29, 1.82) is 0 Å². The van der Waals surface area contributed by atoms with Crippen LogP contribution in [0.3, 0.4) is 0 Å². The van der Waals surface area contributed by atoms with Gasteiger partial charge in [0.15, 0.2) is 0 Å². The van der Waals surface area contributed by atoms with Gasteiger partial charge in [0.05, 0.1) is 6.04 Å². The van der Waals surface area contributed by atoms with Crippen molar-refractivity contribution in [2.45, 2.75) is 31.3 Å². The van der Waals surface area contributed by atoms with E-state index < -0.39 is 24.4 Å². The predicted octanol–water partition coefficient (Wildman–Crippen LogP) is -0.576. The quantitative estimate of drug-likeness (QED) is 0.497. The number of imide groups is 1. The first kappa shape index (κ1) is 16.2. The zero-order valence-corrected chi connectivity index (χ0v) is 13.5. The third-order valence-electron chi connectivity index (χ3n) is 5.23. The number of carbonyl (C=O) groups excluding carboxylic acids is 3. The second-order valence-electron chi connectivity index (χ2n) is 6.78. The van der Waals surface area contributed by atoms with E-state index in [1.807, 2.05) is 11.0 Å². The molecule has 8 nitrogen and oxygen atoms in total. The van der Waals surface area contributed by atoms with Gasteiger partial charge in [-0.15, -0.1) is 0 Å². The van der Waals surface area contributed by atoms with Crippen LogP contribution in [0.15, 0.2) is 18.2 Å². The Kier molecular flexibility index (Phi) is 3.82. The molecule has 4 rings (SSSR count).